The van der Waals surface area contributed by atoms with Crippen LogP contribution in [0.15, 0.2) is 12.4 Å². The molecular formula is C13H17N3O4. The lowest BCUT2D eigenvalue weighted by molar-refractivity contribution is 0.0537. The number of rotatable bonds is 4. The van der Waals surface area contributed by atoms with Gasteiger partial charge in [0.2, 0.25) is 0 Å². The monoisotopic (exact) mass is 279 g/mol. The molecule has 1 amide bonds. The predicted octanol–water partition coefficient (Wildman–Crippen LogP) is 0.720. The van der Waals surface area contributed by atoms with Gasteiger partial charge in [-0.05, 0) is 25.7 Å². The lowest BCUT2D eigenvalue weighted by Gasteiger charge is -2.28. The van der Waals surface area contributed by atoms with E-state index in [2.05, 4.69) is 15.3 Å². The van der Waals surface area contributed by atoms with E-state index in [-0.39, 0.29) is 23.3 Å². The fraction of sp³-hybridized carbons (Fsp3) is 0.538. The second-order valence-electron chi connectivity index (χ2n) is 4.80. The maximum absolute atomic E-state index is 12.0. The van der Waals surface area contributed by atoms with Crippen molar-refractivity contribution in [1.82, 2.24) is 15.3 Å². The second-order valence-corrected chi connectivity index (χ2v) is 4.80. The van der Waals surface area contributed by atoms with Crippen molar-refractivity contribution in [2.45, 2.75) is 25.8 Å². The smallest absolute Gasteiger partial charge is 0.356 e. The number of hydrogen-bond acceptors (Lipinski definition) is 5. The van der Waals surface area contributed by atoms with Gasteiger partial charge in [0.25, 0.3) is 5.91 Å². The average molecular weight is 279 g/mol. The van der Waals surface area contributed by atoms with Crippen LogP contribution in [0.5, 0.6) is 0 Å². The normalized spacial score (nSPS) is 17.4. The highest BCUT2D eigenvalue weighted by atomic mass is 16.5. The molecule has 7 heteroatoms. The van der Waals surface area contributed by atoms with Crippen LogP contribution in [0.2, 0.25) is 0 Å². The third-order valence-corrected chi connectivity index (χ3v) is 3.44. The van der Waals surface area contributed by atoms with Gasteiger partial charge in [-0.3, -0.25) is 4.79 Å². The molecule has 2 heterocycles. The minimum absolute atomic E-state index is 0.0207. The highest BCUT2D eigenvalue weighted by Gasteiger charge is 2.22. The first-order valence-corrected chi connectivity index (χ1v) is 6.52. The number of aromatic nitrogens is 2. The quantitative estimate of drug-likeness (QED) is 0.842. The maximum atomic E-state index is 12.0. The van der Waals surface area contributed by atoms with Crippen molar-refractivity contribution in [3.8, 4) is 0 Å². The number of carboxylic acids is 1. The van der Waals surface area contributed by atoms with Crippen molar-refractivity contribution in [2.24, 2.45) is 5.92 Å². The lowest BCUT2D eigenvalue weighted by Crippen LogP contribution is -2.40. The Bertz CT molecular complexity index is 483. The Morgan fingerprint density at radius 1 is 1.30 bits per heavy atom. The maximum Gasteiger partial charge on any atom is 0.356 e. The van der Waals surface area contributed by atoms with Gasteiger partial charge in [0.1, 0.15) is 5.69 Å². The number of carbonyl (C=O) groups excluding carboxylic acids is 1. The molecule has 1 atom stereocenters. The van der Waals surface area contributed by atoms with E-state index in [0.29, 0.717) is 5.92 Å². The highest BCUT2D eigenvalue weighted by Crippen LogP contribution is 2.18. The molecule has 1 aliphatic heterocycles. The average Bonchev–Trinajstić information content (AvgIpc) is 2.48. The van der Waals surface area contributed by atoms with Gasteiger partial charge in [0, 0.05) is 19.3 Å². The standard InChI is InChI=1S/C13H17N3O4/c1-8(9-2-4-20-5-3-9)16-12(17)10-6-15-11(7-14-10)13(18)19/h6-9H,2-5H2,1H3,(H,16,17)(H,18,19). The summed E-state index contributed by atoms with van der Waals surface area (Å²) < 4.78 is 5.28. The molecule has 0 spiro atoms. The number of carboxylic acid groups (broad SMARTS) is 1. The molecule has 1 saturated heterocycles. The van der Waals surface area contributed by atoms with E-state index in [1.165, 1.54) is 6.20 Å². The van der Waals surface area contributed by atoms with Crippen LogP contribution in [0.1, 0.15) is 40.7 Å². The summed E-state index contributed by atoms with van der Waals surface area (Å²) in [6.07, 6.45) is 4.10. The Hall–Kier alpha value is -2.02. The van der Waals surface area contributed by atoms with Gasteiger partial charge in [-0.25, -0.2) is 14.8 Å². The zero-order chi connectivity index (χ0) is 14.5. The van der Waals surface area contributed by atoms with E-state index >= 15 is 0 Å². The summed E-state index contributed by atoms with van der Waals surface area (Å²) >= 11 is 0. The molecule has 1 fully saturated rings. The van der Waals surface area contributed by atoms with Crippen LogP contribution in [0.4, 0.5) is 0 Å². The van der Waals surface area contributed by atoms with Gasteiger partial charge in [-0.15, -0.1) is 0 Å². The van der Waals surface area contributed by atoms with Crippen molar-refractivity contribution >= 4 is 11.9 Å². The Balaban J connectivity index is 1.95. The van der Waals surface area contributed by atoms with Crippen molar-refractivity contribution < 1.29 is 19.4 Å². The van der Waals surface area contributed by atoms with Crippen LogP contribution in [-0.2, 0) is 4.74 Å². The number of aromatic carboxylic acids is 1. The van der Waals surface area contributed by atoms with Crippen LogP contribution in [0.25, 0.3) is 0 Å². The molecule has 2 N–H and O–H groups in total. The zero-order valence-electron chi connectivity index (χ0n) is 11.2. The van der Waals surface area contributed by atoms with Gasteiger partial charge in [0.15, 0.2) is 5.69 Å². The number of nitrogens with zero attached hydrogens (tertiary/aromatic N) is 2. The number of hydrogen-bond donors (Lipinski definition) is 2. The molecule has 7 nitrogen and oxygen atoms in total. The molecule has 20 heavy (non-hydrogen) atoms. The number of ether oxygens (including phenoxy) is 1. The number of nitrogens with one attached hydrogen (secondary N) is 1. The largest absolute Gasteiger partial charge is 0.476 e. The minimum Gasteiger partial charge on any atom is -0.476 e. The van der Waals surface area contributed by atoms with Gasteiger partial charge >= 0.3 is 5.97 Å². The van der Waals surface area contributed by atoms with Gasteiger partial charge < -0.3 is 15.2 Å². The minimum atomic E-state index is -1.17. The fourth-order valence-corrected chi connectivity index (χ4v) is 2.17. The molecule has 0 bridgehead atoms. The Morgan fingerprint density at radius 3 is 2.45 bits per heavy atom. The van der Waals surface area contributed by atoms with Gasteiger partial charge in [-0.2, -0.15) is 0 Å². The molecule has 1 aromatic heterocycles. The van der Waals surface area contributed by atoms with Crippen LogP contribution in [-0.4, -0.2) is 46.2 Å². The molecule has 1 aliphatic rings. The topological polar surface area (TPSA) is 101 Å². The number of carbonyl (C=O) groups is 2. The van der Waals surface area contributed by atoms with Crippen LogP contribution in [0.3, 0.4) is 0 Å². The molecule has 2 rings (SSSR count). The molecule has 1 unspecified atom stereocenters. The van der Waals surface area contributed by atoms with E-state index in [9.17, 15) is 9.59 Å². The van der Waals surface area contributed by atoms with Crippen molar-refractivity contribution in [1.29, 1.82) is 0 Å². The van der Waals surface area contributed by atoms with E-state index in [1.54, 1.807) is 0 Å². The Labute approximate surface area is 116 Å². The van der Waals surface area contributed by atoms with E-state index in [4.69, 9.17) is 9.84 Å². The summed E-state index contributed by atoms with van der Waals surface area (Å²) in [4.78, 5) is 30.1. The third kappa shape index (κ3) is 3.51. The molecule has 0 radical (unpaired) electrons. The molecular weight excluding hydrogens is 262 g/mol. The molecule has 0 aliphatic carbocycles. The fourth-order valence-electron chi connectivity index (χ4n) is 2.17. The summed E-state index contributed by atoms with van der Waals surface area (Å²) in [6, 6.07) is 0.0207. The van der Waals surface area contributed by atoms with Crippen molar-refractivity contribution in [3.05, 3.63) is 23.8 Å². The lowest BCUT2D eigenvalue weighted by atomic mass is 9.93. The summed E-state index contributed by atoms with van der Waals surface area (Å²) in [5, 5.41) is 11.6. The predicted molar refractivity (Wildman–Crippen MR) is 69.5 cm³/mol. The first-order valence-electron chi connectivity index (χ1n) is 6.52. The third-order valence-electron chi connectivity index (χ3n) is 3.44. The van der Waals surface area contributed by atoms with Crippen LogP contribution >= 0.6 is 0 Å². The first-order chi connectivity index (χ1) is 9.58. The zero-order valence-corrected chi connectivity index (χ0v) is 11.2. The highest BCUT2D eigenvalue weighted by molar-refractivity contribution is 5.92. The van der Waals surface area contributed by atoms with E-state index in [0.717, 1.165) is 32.3 Å². The molecule has 1 aromatic rings. The Kier molecular flexibility index (Phi) is 4.62. The summed E-state index contributed by atoms with van der Waals surface area (Å²) in [5.41, 5.74) is -0.0621. The second kappa shape index (κ2) is 6.42. The first kappa shape index (κ1) is 14.4. The molecule has 108 valence electrons. The summed E-state index contributed by atoms with van der Waals surface area (Å²) in [6.45, 7) is 3.39. The van der Waals surface area contributed by atoms with E-state index < -0.39 is 5.97 Å². The van der Waals surface area contributed by atoms with E-state index in [1.807, 2.05) is 6.92 Å². The number of amides is 1. The van der Waals surface area contributed by atoms with Crippen LogP contribution < -0.4 is 5.32 Å². The Morgan fingerprint density at radius 2 is 1.90 bits per heavy atom. The van der Waals surface area contributed by atoms with Crippen molar-refractivity contribution in [3.63, 3.8) is 0 Å². The summed E-state index contributed by atoms with van der Waals surface area (Å²) in [7, 11) is 0. The SMILES string of the molecule is CC(NC(=O)c1cnc(C(=O)O)cn1)C1CCOCC1. The van der Waals surface area contributed by atoms with Gasteiger partial charge in [0.05, 0.1) is 12.4 Å². The van der Waals surface area contributed by atoms with Crippen LogP contribution in [0, 0.1) is 5.92 Å². The van der Waals surface area contributed by atoms with Crippen molar-refractivity contribution in [2.75, 3.05) is 13.2 Å². The molecule has 0 saturated carbocycles. The summed E-state index contributed by atoms with van der Waals surface area (Å²) in [5.74, 6) is -1.12. The molecule has 0 aromatic carbocycles. The van der Waals surface area contributed by atoms with Gasteiger partial charge in [-0.1, -0.05) is 0 Å².